The summed E-state index contributed by atoms with van der Waals surface area (Å²) in [6.45, 7) is 11.6. The second-order valence-corrected chi connectivity index (χ2v) is 11.8. The number of allylic oxidation sites excluding steroid dienone is 3. The van der Waals surface area contributed by atoms with E-state index in [4.69, 9.17) is 18.9 Å². The highest BCUT2D eigenvalue weighted by Crippen LogP contribution is 2.54. The molecule has 2 fully saturated rings. The van der Waals surface area contributed by atoms with E-state index in [0.29, 0.717) is 18.4 Å². The van der Waals surface area contributed by atoms with Gasteiger partial charge >= 0.3 is 11.9 Å². The molecule has 5 atom stereocenters. The fourth-order valence-corrected chi connectivity index (χ4v) is 5.61. The molecule has 3 rings (SSSR count). The van der Waals surface area contributed by atoms with Crippen molar-refractivity contribution >= 4 is 11.9 Å². The molecular formula is C31H44O9. The van der Waals surface area contributed by atoms with Crippen molar-refractivity contribution in [1.82, 2.24) is 0 Å². The minimum Gasteiger partial charge on any atom is -0.508 e. The Morgan fingerprint density at radius 2 is 1.82 bits per heavy atom. The number of aromatic hydroxyl groups is 2. The number of phenolic OH excluding ortho intramolecular Hbond substituents is 2. The Balaban J connectivity index is 2.05. The van der Waals surface area contributed by atoms with E-state index in [2.05, 4.69) is 19.9 Å². The molecule has 2 aliphatic heterocycles. The van der Waals surface area contributed by atoms with E-state index in [1.165, 1.54) is 31.6 Å². The van der Waals surface area contributed by atoms with Crippen LogP contribution in [0, 0.1) is 6.92 Å². The zero-order valence-corrected chi connectivity index (χ0v) is 24.7. The average molecular weight is 561 g/mol. The van der Waals surface area contributed by atoms with E-state index in [0.717, 1.165) is 18.4 Å². The summed E-state index contributed by atoms with van der Waals surface area (Å²) in [4.78, 5) is 24.2. The minimum atomic E-state index is -2.16. The predicted molar refractivity (Wildman–Crippen MR) is 149 cm³/mol. The van der Waals surface area contributed by atoms with Crippen LogP contribution in [0.25, 0.3) is 0 Å². The van der Waals surface area contributed by atoms with Crippen molar-refractivity contribution in [3.8, 4) is 11.5 Å². The van der Waals surface area contributed by atoms with Crippen LogP contribution in [0.2, 0.25) is 0 Å². The molecule has 9 heteroatoms. The van der Waals surface area contributed by atoms with E-state index >= 15 is 0 Å². The van der Waals surface area contributed by atoms with Gasteiger partial charge < -0.3 is 34.3 Å². The minimum absolute atomic E-state index is 0.0662. The zero-order valence-electron chi connectivity index (χ0n) is 24.7. The van der Waals surface area contributed by atoms with Crippen molar-refractivity contribution in [3.63, 3.8) is 0 Å². The summed E-state index contributed by atoms with van der Waals surface area (Å²) in [5.41, 5.74) is 0.267. The first-order valence-corrected chi connectivity index (χ1v) is 13.8. The van der Waals surface area contributed by atoms with Gasteiger partial charge in [0, 0.05) is 38.7 Å². The topological polar surface area (TPSA) is 132 Å². The number of fused-ring (bicyclic) bond motifs is 2. The smallest absolute Gasteiger partial charge is 0.303 e. The second kappa shape index (κ2) is 12.3. The maximum atomic E-state index is 12.4. The van der Waals surface area contributed by atoms with Gasteiger partial charge in [-0.2, -0.15) is 0 Å². The summed E-state index contributed by atoms with van der Waals surface area (Å²) in [6.07, 6.45) is 5.35. The summed E-state index contributed by atoms with van der Waals surface area (Å²) in [5, 5.41) is 33.3. The van der Waals surface area contributed by atoms with Crippen LogP contribution in [-0.4, -0.2) is 63.1 Å². The number of carbonyl (C=O) groups is 2. The molecule has 0 aromatic heterocycles. The maximum Gasteiger partial charge on any atom is 0.303 e. The van der Waals surface area contributed by atoms with Gasteiger partial charge in [0.15, 0.2) is 5.60 Å². The molecule has 0 saturated carbocycles. The maximum absolute atomic E-state index is 12.4. The first-order valence-electron chi connectivity index (χ1n) is 13.8. The SMILES string of the molecule is CC(=O)OCC(O)(C(Cc1cc(O)c(C)cc1O)OC(C)=O)[C@]12CC[C@](C)(CC(/C=C(\C)CCC=C(C)C)O1)O2. The van der Waals surface area contributed by atoms with Crippen LogP contribution in [0.3, 0.4) is 0 Å². The molecule has 0 aliphatic carbocycles. The Bertz CT molecular complexity index is 1170. The van der Waals surface area contributed by atoms with Crippen LogP contribution in [0.5, 0.6) is 11.5 Å². The monoisotopic (exact) mass is 560 g/mol. The van der Waals surface area contributed by atoms with Gasteiger partial charge in [0.1, 0.15) is 24.2 Å². The molecule has 0 amide bonds. The Morgan fingerprint density at radius 3 is 2.45 bits per heavy atom. The van der Waals surface area contributed by atoms with Gasteiger partial charge in [0.25, 0.3) is 0 Å². The fourth-order valence-electron chi connectivity index (χ4n) is 5.61. The lowest BCUT2D eigenvalue weighted by molar-refractivity contribution is -0.383. The molecule has 0 radical (unpaired) electrons. The van der Waals surface area contributed by atoms with Gasteiger partial charge in [-0.25, -0.2) is 0 Å². The number of phenols is 2. The first-order chi connectivity index (χ1) is 18.6. The second-order valence-electron chi connectivity index (χ2n) is 11.8. The molecule has 3 N–H and O–H groups in total. The number of aliphatic hydroxyl groups is 1. The molecule has 1 aromatic rings. The molecule has 2 saturated heterocycles. The predicted octanol–water partition coefficient (Wildman–Crippen LogP) is 4.92. The van der Waals surface area contributed by atoms with Gasteiger partial charge in [0.05, 0.1) is 11.7 Å². The Kier molecular flexibility index (Phi) is 9.75. The van der Waals surface area contributed by atoms with Gasteiger partial charge in [-0.15, -0.1) is 0 Å². The number of carbonyl (C=O) groups excluding carboxylic acids is 2. The van der Waals surface area contributed by atoms with Crippen molar-refractivity contribution in [1.29, 1.82) is 0 Å². The highest BCUT2D eigenvalue weighted by Gasteiger charge is 2.67. The van der Waals surface area contributed by atoms with Gasteiger partial charge in [-0.05, 0) is 71.6 Å². The number of ether oxygens (including phenoxy) is 4. The van der Waals surface area contributed by atoms with E-state index in [1.54, 1.807) is 6.92 Å². The Hall–Kier alpha value is -2.88. The molecule has 40 heavy (non-hydrogen) atoms. The summed E-state index contributed by atoms with van der Waals surface area (Å²) in [6, 6.07) is 2.74. The van der Waals surface area contributed by atoms with E-state index in [-0.39, 0.29) is 29.9 Å². The largest absolute Gasteiger partial charge is 0.508 e. The number of aryl methyl sites for hydroxylation is 1. The summed E-state index contributed by atoms with van der Waals surface area (Å²) >= 11 is 0. The molecule has 0 spiro atoms. The van der Waals surface area contributed by atoms with Crippen LogP contribution >= 0.6 is 0 Å². The number of hydrogen-bond acceptors (Lipinski definition) is 9. The molecule has 2 heterocycles. The third-order valence-corrected chi connectivity index (χ3v) is 7.73. The third-order valence-electron chi connectivity index (χ3n) is 7.73. The van der Waals surface area contributed by atoms with Crippen molar-refractivity contribution in [2.75, 3.05) is 6.61 Å². The Morgan fingerprint density at radius 1 is 1.12 bits per heavy atom. The van der Waals surface area contributed by atoms with Gasteiger partial charge in [0.2, 0.25) is 5.79 Å². The first kappa shape index (κ1) is 31.6. The highest BCUT2D eigenvalue weighted by atomic mass is 16.7. The summed E-state index contributed by atoms with van der Waals surface area (Å²) < 4.78 is 24.0. The molecule has 2 aliphatic rings. The summed E-state index contributed by atoms with van der Waals surface area (Å²) in [7, 11) is 0. The van der Waals surface area contributed by atoms with Crippen LogP contribution in [0.1, 0.15) is 84.8 Å². The van der Waals surface area contributed by atoms with Crippen LogP contribution in [0.4, 0.5) is 0 Å². The Labute approximate surface area is 236 Å². The van der Waals surface area contributed by atoms with Crippen molar-refractivity contribution in [2.24, 2.45) is 0 Å². The zero-order chi connectivity index (χ0) is 29.9. The van der Waals surface area contributed by atoms with Crippen LogP contribution in [0.15, 0.2) is 35.4 Å². The number of esters is 2. The number of benzene rings is 1. The lowest BCUT2D eigenvalue weighted by atomic mass is 9.82. The molecule has 3 unspecified atom stereocenters. The highest BCUT2D eigenvalue weighted by molar-refractivity contribution is 5.67. The quantitative estimate of drug-likeness (QED) is 0.196. The van der Waals surface area contributed by atoms with Crippen molar-refractivity contribution < 1.29 is 43.9 Å². The van der Waals surface area contributed by atoms with E-state index < -0.39 is 47.7 Å². The standard InChI is InChI=1S/C31H44O9/c1-19(2)9-8-10-20(3)13-25-17-29(7)11-12-31(39-25,40-29)30(36,18-37-22(5)32)28(38-23(6)33)16-24-15-26(34)21(4)14-27(24)35/h9,13-15,25,28,34-36H,8,10-12,16-18H2,1-7H3/b20-13+/t25?,28?,29-,30?,31-/m1/s1. The number of hydrogen-bond donors (Lipinski definition) is 3. The fraction of sp³-hybridized carbons (Fsp3) is 0.613. The lowest BCUT2D eigenvalue weighted by Gasteiger charge is -2.51. The van der Waals surface area contributed by atoms with E-state index in [1.807, 2.05) is 19.9 Å². The lowest BCUT2D eigenvalue weighted by Crippen LogP contribution is -2.69. The van der Waals surface area contributed by atoms with Crippen molar-refractivity contribution in [3.05, 3.63) is 46.6 Å². The molecule has 1 aromatic carbocycles. The van der Waals surface area contributed by atoms with Gasteiger partial charge in [-0.3, -0.25) is 9.59 Å². The average Bonchev–Trinajstić information content (AvgIpc) is 3.09. The number of rotatable bonds is 11. The normalized spacial score (nSPS) is 26.5. The van der Waals surface area contributed by atoms with Crippen LogP contribution in [-0.2, 0) is 35.0 Å². The molecular weight excluding hydrogens is 516 g/mol. The summed E-state index contributed by atoms with van der Waals surface area (Å²) in [5.74, 6) is -3.23. The van der Waals surface area contributed by atoms with Crippen molar-refractivity contribution in [2.45, 2.75) is 116 Å². The molecule has 222 valence electrons. The molecule has 2 bridgehead atoms. The third kappa shape index (κ3) is 7.25. The molecule has 9 nitrogen and oxygen atoms in total. The van der Waals surface area contributed by atoms with Crippen LogP contribution < -0.4 is 0 Å². The van der Waals surface area contributed by atoms with E-state index in [9.17, 15) is 24.9 Å². The van der Waals surface area contributed by atoms with Gasteiger partial charge in [-0.1, -0.05) is 23.3 Å².